The number of benzene rings is 1. The topological polar surface area (TPSA) is 27.7 Å². The molecule has 0 bridgehead atoms. The minimum Gasteiger partial charge on any atom is -0.495 e. The second kappa shape index (κ2) is 9.44. The molecule has 6 heteroatoms. The second-order valence-corrected chi connectivity index (χ2v) is 8.79. The van der Waals surface area contributed by atoms with Gasteiger partial charge in [0.05, 0.1) is 12.1 Å². The first-order chi connectivity index (χ1) is 13.0. The fourth-order valence-corrected chi connectivity index (χ4v) is 5.15. The number of nitrogens with zero attached hydrogens (tertiary/aromatic N) is 2. The minimum atomic E-state index is 0.590. The summed E-state index contributed by atoms with van der Waals surface area (Å²) in [4.78, 5) is 4.95. The molecule has 1 saturated heterocycles. The van der Waals surface area contributed by atoms with Crippen molar-refractivity contribution in [2.75, 3.05) is 32.6 Å². The molecule has 0 amide bonds. The van der Waals surface area contributed by atoms with Gasteiger partial charge in [-0.1, -0.05) is 31.4 Å². The van der Waals surface area contributed by atoms with E-state index in [0.29, 0.717) is 16.8 Å². The first kappa shape index (κ1) is 20.7. The quantitative estimate of drug-likeness (QED) is 0.704. The Balaban J connectivity index is 1.51. The molecule has 1 heterocycles. The van der Waals surface area contributed by atoms with Crippen LogP contribution in [0, 0.1) is 5.92 Å². The first-order valence-corrected chi connectivity index (χ1v) is 10.9. The maximum absolute atomic E-state index is 6.21. The van der Waals surface area contributed by atoms with Crippen LogP contribution < -0.4 is 10.1 Å². The van der Waals surface area contributed by atoms with E-state index >= 15 is 0 Å². The molecule has 150 valence electrons. The van der Waals surface area contributed by atoms with Crippen LogP contribution in [0.25, 0.3) is 0 Å². The molecule has 1 saturated carbocycles. The zero-order chi connectivity index (χ0) is 19.4. The van der Waals surface area contributed by atoms with Crippen LogP contribution >= 0.6 is 23.8 Å². The number of thiocarbonyl (C=S) groups is 1. The summed E-state index contributed by atoms with van der Waals surface area (Å²) in [5, 5.41) is 4.69. The van der Waals surface area contributed by atoms with Crippen LogP contribution in [0.5, 0.6) is 5.75 Å². The number of methoxy groups -OCH3 is 1. The maximum atomic E-state index is 6.21. The number of rotatable bonds is 4. The monoisotopic (exact) mass is 409 g/mol. The molecular formula is C21H32ClN3OS. The van der Waals surface area contributed by atoms with E-state index in [1.807, 2.05) is 18.2 Å². The van der Waals surface area contributed by atoms with Gasteiger partial charge in [-0.05, 0) is 69.1 Å². The van der Waals surface area contributed by atoms with E-state index in [9.17, 15) is 0 Å². The van der Waals surface area contributed by atoms with Crippen molar-refractivity contribution in [3.63, 3.8) is 0 Å². The molecule has 2 atom stereocenters. The Kier molecular flexibility index (Phi) is 7.23. The highest BCUT2D eigenvalue weighted by Crippen LogP contribution is 2.31. The van der Waals surface area contributed by atoms with Crippen LogP contribution in [-0.4, -0.2) is 54.2 Å². The third-order valence-electron chi connectivity index (χ3n) is 6.32. The summed E-state index contributed by atoms with van der Waals surface area (Å²) in [6.07, 6.45) is 7.87. The highest BCUT2D eigenvalue weighted by Gasteiger charge is 2.31. The van der Waals surface area contributed by atoms with Crippen LogP contribution in [0.2, 0.25) is 5.02 Å². The zero-order valence-corrected chi connectivity index (χ0v) is 18.3. The summed E-state index contributed by atoms with van der Waals surface area (Å²) in [6, 6.07) is 7.09. The van der Waals surface area contributed by atoms with Crippen LogP contribution in [0.4, 0.5) is 5.69 Å². The second-order valence-electron chi connectivity index (χ2n) is 7.99. The van der Waals surface area contributed by atoms with Crippen LogP contribution in [0.1, 0.15) is 45.4 Å². The number of hydrogen-bond donors (Lipinski definition) is 1. The average Bonchev–Trinajstić information content (AvgIpc) is 2.68. The lowest BCUT2D eigenvalue weighted by atomic mass is 9.84. The van der Waals surface area contributed by atoms with Crippen LogP contribution in [0.3, 0.4) is 0 Å². The molecule has 0 radical (unpaired) electrons. The number of halogens is 1. The van der Waals surface area contributed by atoms with Crippen LogP contribution in [0.15, 0.2) is 18.2 Å². The molecule has 3 rings (SSSR count). The van der Waals surface area contributed by atoms with E-state index in [2.05, 4.69) is 29.1 Å². The van der Waals surface area contributed by atoms with Gasteiger partial charge in [-0.15, -0.1) is 0 Å². The van der Waals surface area contributed by atoms with Crippen molar-refractivity contribution in [1.82, 2.24) is 9.80 Å². The van der Waals surface area contributed by atoms with Gasteiger partial charge >= 0.3 is 0 Å². The zero-order valence-electron chi connectivity index (χ0n) is 16.7. The summed E-state index contributed by atoms with van der Waals surface area (Å²) < 4.78 is 5.21. The average molecular weight is 410 g/mol. The number of hydrogen-bond acceptors (Lipinski definition) is 3. The Bertz CT molecular complexity index is 648. The van der Waals surface area contributed by atoms with Gasteiger partial charge in [0.1, 0.15) is 5.75 Å². The molecule has 0 unspecified atom stereocenters. The van der Waals surface area contributed by atoms with Gasteiger partial charge in [0, 0.05) is 30.9 Å². The molecule has 1 aliphatic heterocycles. The van der Waals surface area contributed by atoms with Crippen molar-refractivity contribution >= 4 is 34.6 Å². The molecule has 2 fully saturated rings. The maximum Gasteiger partial charge on any atom is 0.173 e. The Morgan fingerprint density at radius 3 is 2.56 bits per heavy atom. The summed E-state index contributed by atoms with van der Waals surface area (Å²) in [5.74, 6) is 1.50. The molecule has 1 aromatic carbocycles. The van der Waals surface area contributed by atoms with Gasteiger partial charge in [0.2, 0.25) is 0 Å². The van der Waals surface area contributed by atoms with E-state index < -0.39 is 0 Å². The van der Waals surface area contributed by atoms with Gasteiger partial charge in [-0.3, -0.25) is 0 Å². The molecule has 1 N–H and O–H groups in total. The first-order valence-electron chi connectivity index (χ1n) is 10.1. The molecule has 0 aromatic heterocycles. The highest BCUT2D eigenvalue weighted by molar-refractivity contribution is 7.80. The summed E-state index contributed by atoms with van der Waals surface area (Å²) in [5.41, 5.74) is 0.904. The highest BCUT2D eigenvalue weighted by atomic mass is 35.5. The fraction of sp³-hybridized carbons (Fsp3) is 0.667. The lowest BCUT2D eigenvalue weighted by molar-refractivity contribution is 0.0691. The van der Waals surface area contributed by atoms with Gasteiger partial charge in [0.15, 0.2) is 5.11 Å². The predicted molar refractivity (Wildman–Crippen MR) is 118 cm³/mol. The number of ether oxygens (including phenoxy) is 1. The van der Waals surface area contributed by atoms with E-state index in [1.165, 1.54) is 38.5 Å². The molecule has 2 aliphatic rings. The molecular weight excluding hydrogens is 378 g/mol. The largest absolute Gasteiger partial charge is 0.495 e. The van der Waals surface area contributed by atoms with Gasteiger partial charge in [0.25, 0.3) is 0 Å². The molecule has 27 heavy (non-hydrogen) atoms. The third kappa shape index (κ3) is 5.07. The van der Waals surface area contributed by atoms with Crippen molar-refractivity contribution < 1.29 is 4.74 Å². The standard InChI is InChI=1S/C21H32ClN3OS/c1-15-6-4-5-7-19(15)24(2)17-10-12-25(13-11-17)21(27)23-16-8-9-20(26-3)18(22)14-16/h8-9,14-15,17,19H,4-7,10-13H2,1-3H3,(H,23,27)/t15-,19-/m0/s1. The van der Waals surface area contributed by atoms with E-state index in [1.54, 1.807) is 7.11 Å². The van der Waals surface area contributed by atoms with E-state index in [0.717, 1.165) is 35.8 Å². The normalized spacial score (nSPS) is 24.1. The van der Waals surface area contributed by atoms with E-state index in [4.69, 9.17) is 28.6 Å². The summed E-state index contributed by atoms with van der Waals surface area (Å²) in [7, 11) is 3.96. The van der Waals surface area contributed by atoms with Crippen molar-refractivity contribution in [2.45, 2.75) is 57.5 Å². The molecule has 1 aromatic rings. The summed E-state index contributed by atoms with van der Waals surface area (Å²) in [6.45, 7) is 4.44. The Morgan fingerprint density at radius 1 is 1.22 bits per heavy atom. The molecule has 4 nitrogen and oxygen atoms in total. The van der Waals surface area contributed by atoms with Crippen molar-refractivity contribution in [3.05, 3.63) is 23.2 Å². The van der Waals surface area contributed by atoms with Crippen molar-refractivity contribution in [2.24, 2.45) is 5.92 Å². The lowest BCUT2D eigenvalue weighted by Gasteiger charge is -2.44. The Hall–Kier alpha value is -1.04. The lowest BCUT2D eigenvalue weighted by Crippen LogP contribution is -2.51. The Morgan fingerprint density at radius 2 is 1.93 bits per heavy atom. The van der Waals surface area contributed by atoms with Gasteiger partial charge < -0.3 is 19.9 Å². The third-order valence-corrected chi connectivity index (χ3v) is 6.98. The SMILES string of the molecule is COc1ccc(NC(=S)N2CCC(N(C)[C@H]3CCCC[C@@H]3C)CC2)cc1Cl. The van der Waals surface area contributed by atoms with Crippen molar-refractivity contribution in [1.29, 1.82) is 0 Å². The molecule has 0 spiro atoms. The van der Waals surface area contributed by atoms with E-state index in [-0.39, 0.29) is 0 Å². The molecule has 1 aliphatic carbocycles. The number of likely N-dealkylation sites (tertiary alicyclic amines) is 1. The van der Waals surface area contributed by atoms with Crippen molar-refractivity contribution in [3.8, 4) is 5.75 Å². The Labute approximate surface area is 174 Å². The summed E-state index contributed by atoms with van der Waals surface area (Å²) >= 11 is 11.8. The number of nitrogens with one attached hydrogen (secondary N) is 1. The minimum absolute atomic E-state index is 0.590. The number of anilines is 1. The smallest absolute Gasteiger partial charge is 0.173 e. The predicted octanol–water partition coefficient (Wildman–Crippen LogP) is 5.02. The fourth-order valence-electron chi connectivity index (χ4n) is 4.60. The number of piperidine rings is 1. The van der Waals surface area contributed by atoms with Gasteiger partial charge in [-0.2, -0.15) is 0 Å². The van der Waals surface area contributed by atoms with Crippen LogP contribution in [-0.2, 0) is 0 Å². The van der Waals surface area contributed by atoms with Gasteiger partial charge in [-0.25, -0.2) is 0 Å².